The Labute approximate surface area is 109 Å². The maximum Gasteiger partial charge on any atom is 0.123 e. The molecule has 0 saturated carbocycles. The molecule has 2 nitrogen and oxygen atoms in total. The van der Waals surface area contributed by atoms with Crippen LogP contribution >= 0.6 is 23.2 Å². The fraction of sp³-hybridized carbons (Fsp3) is 0.0769. The molecule has 0 heterocycles. The lowest BCUT2D eigenvalue weighted by Crippen LogP contribution is -1.96. The van der Waals surface area contributed by atoms with Crippen LogP contribution in [0.25, 0.3) is 0 Å². The molecular weight excluding hydrogens is 259 g/mol. The number of aromatic hydroxyl groups is 1. The summed E-state index contributed by atoms with van der Waals surface area (Å²) in [6.45, 7) is 0.308. The fourth-order valence-electron chi connectivity index (χ4n) is 1.39. The first-order valence-corrected chi connectivity index (χ1v) is 5.77. The molecule has 2 rings (SSSR count). The molecule has 0 amide bonds. The quantitative estimate of drug-likeness (QED) is 0.901. The van der Waals surface area contributed by atoms with Crippen LogP contribution in [0.4, 0.5) is 0 Å². The number of phenols is 1. The fourth-order valence-corrected chi connectivity index (χ4v) is 1.77. The smallest absolute Gasteiger partial charge is 0.123 e. The van der Waals surface area contributed by atoms with E-state index < -0.39 is 0 Å². The van der Waals surface area contributed by atoms with E-state index in [1.807, 2.05) is 12.1 Å². The van der Waals surface area contributed by atoms with Gasteiger partial charge in [0.05, 0.1) is 10.0 Å². The zero-order chi connectivity index (χ0) is 12.3. The van der Waals surface area contributed by atoms with Crippen molar-refractivity contribution in [1.82, 2.24) is 0 Å². The number of ether oxygens (including phenoxy) is 1. The summed E-state index contributed by atoms with van der Waals surface area (Å²) in [5, 5.41) is 10.3. The third-order valence-electron chi connectivity index (χ3n) is 2.24. The van der Waals surface area contributed by atoms with Gasteiger partial charge >= 0.3 is 0 Å². The van der Waals surface area contributed by atoms with E-state index in [0.717, 1.165) is 5.56 Å². The molecule has 0 saturated heterocycles. The second kappa shape index (κ2) is 5.30. The first-order valence-electron chi connectivity index (χ1n) is 5.01. The molecule has 4 heteroatoms. The standard InChI is InChI=1S/C13H10Cl2O2/c14-12-6-1-3-9(13(12)15)8-17-11-5-2-4-10(16)7-11/h1-7,16H,8H2. The van der Waals surface area contributed by atoms with Gasteiger partial charge in [-0.1, -0.05) is 41.4 Å². The summed E-state index contributed by atoms with van der Waals surface area (Å²) in [6, 6.07) is 12.0. The summed E-state index contributed by atoms with van der Waals surface area (Å²) in [5.41, 5.74) is 0.808. The van der Waals surface area contributed by atoms with Crippen molar-refractivity contribution in [3.8, 4) is 11.5 Å². The highest BCUT2D eigenvalue weighted by molar-refractivity contribution is 6.42. The molecular formula is C13H10Cl2O2. The Morgan fingerprint density at radius 2 is 1.82 bits per heavy atom. The van der Waals surface area contributed by atoms with E-state index in [-0.39, 0.29) is 5.75 Å². The highest BCUT2D eigenvalue weighted by Crippen LogP contribution is 2.27. The van der Waals surface area contributed by atoms with Crippen LogP contribution in [-0.4, -0.2) is 5.11 Å². The summed E-state index contributed by atoms with van der Waals surface area (Å²) in [7, 11) is 0. The molecule has 0 unspecified atom stereocenters. The Morgan fingerprint density at radius 1 is 1.06 bits per heavy atom. The molecule has 0 bridgehead atoms. The molecule has 0 atom stereocenters. The van der Waals surface area contributed by atoms with Gasteiger partial charge in [-0.05, 0) is 18.2 Å². The predicted octanol–water partition coefficient (Wildman–Crippen LogP) is 4.28. The molecule has 2 aromatic rings. The Hall–Kier alpha value is -1.38. The molecule has 0 spiro atoms. The van der Waals surface area contributed by atoms with Crippen LogP contribution in [0.2, 0.25) is 10.0 Å². The molecule has 0 aliphatic heterocycles. The van der Waals surface area contributed by atoms with E-state index in [9.17, 15) is 5.11 Å². The third kappa shape index (κ3) is 3.05. The molecule has 0 fully saturated rings. The van der Waals surface area contributed by atoms with Gasteiger partial charge in [-0.15, -0.1) is 0 Å². The van der Waals surface area contributed by atoms with Crippen LogP contribution in [0.1, 0.15) is 5.56 Å². The van der Waals surface area contributed by atoms with Gasteiger partial charge in [0.15, 0.2) is 0 Å². The van der Waals surface area contributed by atoms with Crippen LogP contribution in [0.3, 0.4) is 0 Å². The second-order valence-corrected chi connectivity index (χ2v) is 4.28. The maximum absolute atomic E-state index is 9.28. The Bertz CT molecular complexity index is 527. The molecule has 0 aliphatic rings. The summed E-state index contributed by atoms with van der Waals surface area (Å²) in [6.07, 6.45) is 0. The first-order chi connectivity index (χ1) is 8.16. The molecule has 2 aromatic carbocycles. The van der Waals surface area contributed by atoms with Crippen molar-refractivity contribution in [2.75, 3.05) is 0 Å². The van der Waals surface area contributed by atoms with Gasteiger partial charge in [-0.2, -0.15) is 0 Å². The number of rotatable bonds is 3. The van der Waals surface area contributed by atoms with Gasteiger partial charge in [0, 0.05) is 11.6 Å². The van der Waals surface area contributed by atoms with Crippen molar-refractivity contribution in [2.45, 2.75) is 6.61 Å². The Morgan fingerprint density at radius 3 is 2.59 bits per heavy atom. The minimum absolute atomic E-state index is 0.166. The lowest BCUT2D eigenvalue weighted by atomic mass is 10.2. The summed E-state index contributed by atoms with van der Waals surface area (Å²) < 4.78 is 5.51. The highest BCUT2D eigenvalue weighted by Gasteiger charge is 2.05. The Balaban J connectivity index is 2.10. The van der Waals surface area contributed by atoms with Gasteiger partial charge < -0.3 is 9.84 Å². The van der Waals surface area contributed by atoms with E-state index in [1.165, 1.54) is 0 Å². The number of halogens is 2. The number of hydrogen-bond acceptors (Lipinski definition) is 2. The zero-order valence-electron chi connectivity index (χ0n) is 8.86. The zero-order valence-corrected chi connectivity index (χ0v) is 10.4. The molecule has 0 radical (unpaired) electrons. The monoisotopic (exact) mass is 268 g/mol. The first kappa shape index (κ1) is 12.1. The minimum atomic E-state index is 0.166. The topological polar surface area (TPSA) is 29.5 Å². The van der Waals surface area contributed by atoms with Gasteiger partial charge in [0.2, 0.25) is 0 Å². The van der Waals surface area contributed by atoms with Crippen molar-refractivity contribution in [3.05, 3.63) is 58.1 Å². The minimum Gasteiger partial charge on any atom is -0.508 e. The van der Waals surface area contributed by atoms with Crippen molar-refractivity contribution in [3.63, 3.8) is 0 Å². The number of hydrogen-bond donors (Lipinski definition) is 1. The largest absolute Gasteiger partial charge is 0.508 e. The van der Waals surface area contributed by atoms with Gasteiger partial charge in [-0.25, -0.2) is 0 Å². The molecule has 0 aromatic heterocycles. The highest BCUT2D eigenvalue weighted by atomic mass is 35.5. The lowest BCUT2D eigenvalue weighted by Gasteiger charge is -2.08. The van der Waals surface area contributed by atoms with Crippen LogP contribution in [-0.2, 0) is 6.61 Å². The van der Waals surface area contributed by atoms with E-state index >= 15 is 0 Å². The molecule has 0 aliphatic carbocycles. The average molecular weight is 269 g/mol. The van der Waals surface area contributed by atoms with E-state index in [4.69, 9.17) is 27.9 Å². The summed E-state index contributed by atoms with van der Waals surface area (Å²) >= 11 is 11.9. The lowest BCUT2D eigenvalue weighted by molar-refractivity contribution is 0.304. The SMILES string of the molecule is Oc1cccc(OCc2cccc(Cl)c2Cl)c1. The predicted molar refractivity (Wildman–Crippen MR) is 68.9 cm³/mol. The Kier molecular flexibility index (Phi) is 3.77. The van der Waals surface area contributed by atoms with Gasteiger partial charge in [0.25, 0.3) is 0 Å². The van der Waals surface area contributed by atoms with Crippen LogP contribution in [0.5, 0.6) is 11.5 Å². The van der Waals surface area contributed by atoms with Gasteiger partial charge in [0.1, 0.15) is 18.1 Å². The third-order valence-corrected chi connectivity index (χ3v) is 3.10. The second-order valence-electron chi connectivity index (χ2n) is 3.50. The van der Waals surface area contributed by atoms with Crippen molar-refractivity contribution < 1.29 is 9.84 Å². The van der Waals surface area contributed by atoms with Crippen molar-refractivity contribution in [2.24, 2.45) is 0 Å². The summed E-state index contributed by atoms with van der Waals surface area (Å²) in [4.78, 5) is 0. The summed E-state index contributed by atoms with van der Waals surface area (Å²) in [5.74, 6) is 0.751. The number of benzene rings is 2. The van der Waals surface area contributed by atoms with E-state index in [2.05, 4.69) is 0 Å². The molecule has 88 valence electrons. The average Bonchev–Trinajstić information content (AvgIpc) is 2.31. The molecule has 1 N–H and O–H groups in total. The maximum atomic E-state index is 9.28. The molecule has 17 heavy (non-hydrogen) atoms. The van der Waals surface area contributed by atoms with Gasteiger partial charge in [-0.3, -0.25) is 0 Å². The van der Waals surface area contributed by atoms with Crippen LogP contribution in [0.15, 0.2) is 42.5 Å². The van der Waals surface area contributed by atoms with Crippen LogP contribution in [0, 0.1) is 0 Å². The van der Waals surface area contributed by atoms with E-state index in [0.29, 0.717) is 22.4 Å². The van der Waals surface area contributed by atoms with E-state index in [1.54, 1.807) is 30.3 Å². The van der Waals surface area contributed by atoms with Crippen molar-refractivity contribution in [1.29, 1.82) is 0 Å². The number of phenolic OH excluding ortho intramolecular Hbond substituents is 1. The normalized spacial score (nSPS) is 10.2. The van der Waals surface area contributed by atoms with Crippen LogP contribution < -0.4 is 4.74 Å². The van der Waals surface area contributed by atoms with Crippen molar-refractivity contribution >= 4 is 23.2 Å².